The predicted molar refractivity (Wildman–Crippen MR) is 53.6 cm³/mol. The second kappa shape index (κ2) is 4.30. The van der Waals surface area contributed by atoms with Crippen LogP contribution < -0.4 is 0 Å². The van der Waals surface area contributed by atoms with E-state index in [1.807, 2.05) is 0 Å². The number of pyridine rings is 1. The normalized spacial score (nSPS) is 10.6. The summed E-state index contributed by atoms with van der Waals surface area (Å²) in [4.78, 5) is 12.7. The monoisotopic (exact) mass is 334 g/mol. The van der Waals surface area contributed by atoms with Crippen molar-refractivity contribution in [2.75, 3.05) is 0 Å². The average Bonchev–Trinajstić information content (AvgIpc) is 2.01. The van der Waals surface area contributed by atoms with Crippen LogP contribution in [0.15, 0.2) is 6.07 Å². The molecule has 0 aliphatic carbocycles. The van der Waals surface area contributed by atoms with Crippen molar-refractivity contribution in [3.63, 3.8) is 0 Å². The number of rotatable bonds is 2. The Hall–Kier alpha value is -0.570. The van der Waals surface area contributed by atoms with Crippen molar-refractivity contribution >= 4 is 40.0 Å². The van der Waals surface area contributed by atoms with Crippen LogP contribution in [0.3, 0.4) is 0 Å². The van der Waals surface area contributed by atoms with Crippen LogP contribution in [0.25, 0.3) is 0 Å². The maximum atomic E-state index is 12.3. The lowest BCUT2D eigenvalue weighted by atomic mass is 10.3. The summed E-state index contributed by atoms with van der Waals surface area (Å²) < 4.78 is 24.7. The zero-order valence-electron chi connectivity index (χ0n) is 6.38. The number of nitrogens with zero attached hydrogens (tertiary/aromatic N) is 2. The zero-order chi connectivity index (χ0) is 10.9. The van der Waals surface area contributed by atoms with Gasteiger partial charge in [0.25, 0.3) is 11.6 Å². The van der Waals surface area contributed by atoms with E-state index in [1.54, 1.807) is 22.6 Å². The summed E-state index contributed by atoms with van der Waals surface area (Å²) in [5.41, 5.74) is -0.474. The maximum Gasteiger partial charge on any atom is 0.366 e. The molecule has 4 nitrogen and oxygen atoms in total. The first-order valence-corrected chi connectivity index (χ1v) is 4.67. The largest absolute Gasteiger partial charge is 0.366 e. The van der Waals surface area contributed by atoms with E-state index in [2.05, 4.69) is 4.98 Å². The Morgan fingerprint density at radius 2 is 2.21 bits per heavy atom. The SMILES string of the molecule is O=[N+]([O-])c1cc(I)c(C(F)F)c(Cl)n1. The Kier molecular flexibility index (Phi) is 3.53. The average molecular weight is 334 g/mol. The highest BCUT2D eigenvalue weighted by Crippen LogP contribution is 2.32. The summed E-state index contributed by atoms with van der Waals surface area (Å²) in [5, 5.41) is 9.75. The maximum absolute atomic E-state index is 12.3. The van der Waals surface area contributed by atoms with Crippen LogP contribution in [0, 0.1) is 13.7 Å². The van der Waals surface area contributed by atoms with Crippen molar-refractivity contribution in [1.29, 1.82) is 0 Å². The fraction of sp³-hybridized carbons (Fsp3) is 0.167. The molecule has 0 saturated carbocycles. The van der Waals surface area contributed by atoms with Crippen LogP contribution in [0.2, 0.25) is 5.15 Å². The first-order chi connectivity index (χ1) is 6.43. The van der Waals surface area contributed by atoms with Gasteiger partial charge in [0.15, 0.2) is 0 Å². The van der Waals surface area contributed by atoms with E-state index in [4.69, 9.17) is 11.6 Å². The minimum atomic E-state index is -2.79. The van der Waals surface area contributed by atoms with E-state index in [9.17, 15) is 18.9 Å². The van der Waals surface area contributed by atoms with Crippen LogP contribution >= 0.6 is 34.2 Å². The summed E-state index contributed by atoms with van der Waals surface area (Å²) in [6.45, 7) is 0. The molecule has 1 heterocycles. The first-order valence-electron chi connectivity index (χ1n) is 3.22. The fourth-order valence-corrected chi connectivity index (χ4v) is 1.97. The summed E-state index contributed by atoms with van der Waals surface area (Å²) in [7, 11) is 0. The standard InChI is InChI=1S/C6H2ClF2IN2O2/c7-5-4(6(8)9)2(10)1-3(11-5)12(13)14/h1,6H. The lowest BCUT2D eigenvalue weighted by molar-refractivity contribution is -0.389. The molecule has 0 aliphatic heterocycles. The molecule has 0 N–H and O–H groups in total. The van der Waals surface area contributed by atoms with Crippen molar-refractivity contribution < 1.29 is 13.7 Å². The lowest BCUT2D eigenvalue weighted by Gasteiger charge is -2.02. The molecule has 1 aromatic heterocycles. The molecule has 8 heteroatoms. The van der Waals surface area contributed by atoms with Crippen LogP contribution in [0.5, 0.6) is 0 Å². The molecule has 76 valence electrons. The van der Waals surface area contributed by atoms with E-state index in [0.29, 0.717) is 0 Å². The topological polar surface area (TPSA) is 56.0 Å². The molecular weight excluding hydrogens is 332 g/mol. The Bertz CT molecular complexity index is 365. The van der Waals surface area contributed by atoms with Gasteiger partial charge in [-0.25, -0.2) is 8.78 Å². The van der Waals surface area contributed by atoms with E-state index >= 15 is 0 Å². The van der Waals surface area contributed by atoms with Crippen molar-refractivity contribution in [3.05, 3.63) is 30.5 Å². The molecular formula is C6H2ClF2IN2O2. The highest BCUT2D eigenvalue weighted by atomic mass is 127. The van der Waals surface area contributed by atoms with Crippen LogP contribution in [-0.4, -0.2) is 9.91 Å². The van der Waals surface area contributed by atoms with E-state index < -0.39 is 27.9 Å². The summed E-state index contributed by atoms with van der Waals surface area (Å²) in [6, 6.07) is 0.952. The van der Waals surface area contributed by atoms with Gasteiger partial charge in [-0.05, 0) is 44.1 Å². The summed E-state index contributed by atoms with van der Waals surface area (Å²) in [5.74, 6) is -0.538. The van der Waals surface area contributed by atoms with Gasteiger partial charge in [-0.15, -0.1) is 0 Å². The quantitative estimate of drug-likeness (QED) is 0.361. The van der Waals surface area contributed by atoms with Gasteiger partial charge in [-0.2, -0.15) is 0 Å². The van der Waals surface area contributed by atoms with Gasteiger partial charge in [0.05, 0.1) is 5.56 Å². The number of halogens is 4. The molecule has 1 aromatic rings. The van der Waals surface area contributed by atoms with Crippen LogP contribution in [-0.2, 0) is 0 Å². The molecule has 0 atom stereocenters. The zero-order valence-corrected chi connectivity index (χ0v) is 9.29. The van der Waals surface area contributed by atoms with Gasteiger partial charge in [0.2, 0.25) is 0 Å². The van der Waals surface area contributed by atoms with Crippen molar-refractivity contribution in [2.45, 2.75) is 6.43 Å². The van der Waals surface area contributed by atoms with Gasteiger partial charge in [0, 0.05) is 9.64 Å². The highest BCUT2D eigenvalue weighted by molar-refractivity contribution is 14.1. The highest BCUT2D eigenvalue weighted by Gasteiger charge is 2.24. The first kappa shape index (κ1) is 11.5. The van der Waals surface area contributed by atoms with Crippen molar-refractivity contribution in [2.24, 2.45) is 0 Å². The smallest absolute Gasteiger partial charge is 0.358 e. The van der Waals surface area contributed by atoms with Crippen LogP contribution in [0.1, 0.15) is 12.0 Å². The third-order valence-electron chi connectivity index (χ3n) is 1.35. The molecule has 0 fully saturated rings. The Morgan fingerprint density at radius 3 is 2.57 bits per heavy atom. The van der Waals surface area contributed by atoms with Crippen LogP contribution in [0.4, 0.5) is 14.6 Å². The number of hydrogen-bond donors (Lipinski definition) is 0. The number of alkyl halides is 2. The van der Waals surface area contributed by atoms with E-state index in [0.717, 1.165) is 6.07 Å². The fourth-order valence-electron chi connectivity index (χ4n) is 0.771. The Morgan fingerprint density at radius 1 is 1.64 bits per heavy atom. The lowest BCUT2D eigenvalue weighted by Crippen LogP contribution is -1.99. The molecule has 14 heavy (non-hydrogen) atoms. The van der Waals surface area contributed by atoms with Gasteiger partial charge < -0.3 is 10.1 Å². The third-order valence-corrected chi connectivity index (χ3v) is 2.53. The van der Waals surface area contributed by atoms with Gasteiger partial charge in [0.1, 0.15) is 0 Å². The minimum absolute atomic E-state index is 0.0318. The summed E-state index contributed by atoms with van der Waals surface area (Å²) in [6.07, 6.45) is -2.79. The molecule has 0 aliphatic rings. The molecule has 0 radical (unpaired) electrons. The number of aromatic nitrogens is 1. The predicted octanol–water partition coefficient (Wildman–Crippen LogP) is 3.19. The second-order valence-electron chi connectivity index (χ2n) is 2.22. The van der Waals surface area contributed by atoms with Gasteiger partial charge in [-0.1, -0.05) is 0 Å². The minimum Gasteiger partial charge on any atom is -0.358 e. The Labute approximate surface area is 95.6 Å². The molecule has 0 unspecified atom stereocenters. The third kappa shape index (κ3) is 2.27. The van der Waals surface area contributed by atoms with Crippen molar-refractivity contribution in [1.82, 2.24) is 4.98 Å². The van der Waals surface area contributed by atoms with Gasteiger partial charge in [-0.3, -0.25) is 0 Å². The molecule has 0 amide bonds. The summed E-state index contributed by atoms with van der Waals surface area (Å²) >= 11 is 6.92. The second-order valence-corrected chi connectivity index (χ2v) is 3.74. The van der Waals surface area contributed by atoms with Crippen molar-refractivity contribution in [3.8, 4) is 0 Å². The van der Waals surface area contributed by atoms with Gasteiger partial charge >= 0.3 is 5.82 Å². The van der Waals surface area contributed by atoms with E-state index in [-0.39, 0.29) is 3.57 Å². The van der Waals surface area contributed by atoms with E-state index in [1.165, 1.54) is 0 Å². The molecule has 1 rings (SSSR count). The molecule has 0 aromatic carbocycles. The number of nitro groups is 1. The molecule has 0 saturated heterocycles. The molecule has 0 bridgehead atoms. The number of hydrogen-bond acceptors (Lipinski definition) is 3. The Balaban J connectivity index is 3.32. The molecule has 0 spiro atoms.